The van der Waals surface area contributed by atoms with Crippen LogP contribution in [-0.2, 0) is 0 Å². The summed E-state index contributed by atoms with van der Waals surface area (Å²) in [4.78, 5) is 2.52. The molecule has 0 radical (unpaired) electrons. The van der Waals surface area contributed by atoms with Gasteiger partial charge in [-0.3, -0.25) is 4.90 Å². The van der Waals surface area contributed by atoms with Gasteiger partial charge < -0.3 is 14.8 Å². The van der Waals surface area contributed by atoms with Gasteiger partial charge in [0.2, 0.25) is 0 Å². The molecule has 0 spiro atoms. The van der Waals surface area contributed by atoms with Crippen molar-refractivity contribution in [1.29, 1.82) is 0 Å². The summed E-state index contributed by atoms with van der Waals surface area (Å²) in [5.41, 5.74) is 1.23. The molecule has 1 atom stereocenters. The maximum absolute atomic E-state index is 5.57. The highest BCUT2D eigenvalue weighted by atomic mass is 16.5. The number of nitrogens with one attached hydrogen (secondary N) is 1. The van der Waals surface area contributed by atoms with Crippen LogP contribution in [0.1, 0.15) is 24.9 Å². The maximum atomic E-state index is 5.57. The fraction of sp³-hybridized carbons (Fsp3) is 0.600. The van der Waals surface area contributed by atoms with Gasteiger partial charge in [0.1, 0.15) is 0 Å². The lowest BCUT2D eigenvalue weighted by atomic mass is 10.0. The molecule has 1 heterocycles. The number of ether oxygens (including phenoxy) is 2. The van der Waals surface area contributed by atoms with Gasteiger partial charge in [-0.15, -0.1) is 0 Å². The predicted molar refractivity (Wildman–Crippen MR) is 77.0 cm³/mol. The summed E-state index contributed by atoms with van der Waals surface area (Å²) >= 11 is 0. The smallest absolute Gasteiger partial charge is 0.165 e. The average Bonchev–Trinajstić information content (AvgIpc) is 2.48. The van der Waals surface area contributed by atoms with Gasteiger partial charge in [-0.05, 0) is 12.5 Å². The Morgan fingerprint density at radius 2 is 1.95 bits per heavy atom. The lowest BCUT2D eigenvalue weighted by molar-refractivity contribution is 0.166. The van der Waals surface area contributed by atoms with Gasteiger partial charge in [0.15, 0.2) is 11.5 Å². The topological polar surface area (TPSA) is 33.7 Å². The highest BCUT2D eigenvalue weighted by molar-refractivity contribution is 5.48. The number of methoxy groups -OCH3 is 2. The van der Waals surface area contributed by atoms with E-state index in [1.54, 1.807) is 14.2 Å². The van der Waals surface area contributed by atoms with Gasteiger partial charge in [0.25, 0.3) is 0 Å². The van der Waals surface area contributed by atoms with E-state index in [2.05, 4.69) is 23.2 Å². The summed E-state index contributed by atoms with van der Waals surface area (Å²) in [5, 5.41) is 3.40. The zero-order chi connectivity index (χ0) is 13.7. The van der Waals surface area contributed by atoms with Gasteiger partial charge in [0.05, 0.1) is 14.2 Å². The zero-order valence-corrected chi connectivity index (χ0v) is 12.1. The largest absolute Gasteiger partial charge is 0.493 e. The third-order valence-electron chi connectivity index (χ3n) is 3.77. The molecule has 1 aromatic rings. The predicted octanol–water partition coefficient (Wildman–Crippen LogP) is 2.06. The van der Waals surface area contributed by atoms with Crippen molar-refractivity contribution in [3.05, 3.63) is 23.8 Å². The Bertz CT molecular complexity index is 403. The molecule has 1 aromatic carbocycles. The SMILES string of the molecule is CCC(c1cccc(OC)c1OC)N1CCNCC1. The third kappa shape index (κ3) is 3.01. The van der Waals surface area contributed by atoms with Gasteiger partial charge in [-0.25, -0.2) is 0 Å². The Hall–Kier alpha value is -1.26. The summed E-state index contributed by atoms with van der Waals surface area (Å²) in [7, 11) is 3.40. The van der Waals surface area contributed by atoms with Gasteiger partial charge in [0, 0.05) is 37.8 Å². The van der Waals surface area contributed by atoms with E-state index < -0.39 is 0 Å². The molecule has 0 bridgehead atoms. The molecular weight excluding hydrogens is 240 g/mol. The van der Waals surface area contributed by atoms with E-state index >= 15 is 0 Å². The lowest BCUT2D eigenvalue weighted by Gasteiger charge is -2.35. The molecule has 19 heavy (non-hydrogen) atoms. The van der Waals surface area contributed by atoms with Gasteiger partial charge in [-0.2, -0.15) is 0 Å². The first kappa shape index (κ1) is 14.2. The third-order valence-corrected chi connectivity index (χ3v) is 3.77. The monoisotopic (exact) mass is 264 g/mol. The highest BCUT2D eigenvalue weighted by Gasteiger charge is 2.24. The molecule has 0 aromatic heterocycles. The van der Waals surface area contributed by atoms with Crippen LogP contribution in [0.3, 0.4) is 0 Å². The Balaban J connectivity index is 2.31. The molecule has 1 aliphatic rings. The molecule has 106 valence electrons. The molecule has 1 N–H and O–H groups in total. The van der Waals surface area contributed by atoms with Crippen molar-refractivity contribution in [2.24, 2.45) is 0 Å². The minimum Gasteiger partial charge on any atom is -0.493 e. The number of nitrogens with zero attached hydrogens (tertiary/aromatic N) is 1. The van der Waals surface area contributed by atoms with Crippen molar-refractivity contribution >= 4 is 0 Å². The van der Waals surface area contributed by atoms with Gasteiger partial charge in [-0.1, -0.05) is 19.1 Å². The minimum atomic E-state index is 0.396. The van der Waals surface area contributed by atoms with E-state index in [4.69, 9.17) is 9.47 Å². The Morgan fingerprint density at radius 3 is 2.53 bits per heavy atom. The summed E-state index contributed by atoms with van der Waals surface area (Å²) in [6.45, 7) is 6.51. The standard InChI is InChI=1S/C15H24N2O2/c1-4-13(17-10-8-16-9-11-17)12-6-5-7-14(18-2)15(12)19-3/h5-7,13,16H,4,8-11H2,1-3H3. The number of rotatable bonds is 5. The molecule has 2 rings (SSSR count). The van der Waals surface area contributed by atoms with E-state index in [0.717, 1.165) is 44.1 Å². The molecule has 1 unspecified atom stereocenters. The average molecular weight is 264 g/mol. The summed E-state index contributed by atoms with van der Waals surface area (Å²) in [6.07, 6.45) is 1.07. The molecule has 0 amide bonds. The van der Waals surface area contributed by atoms with E-state index in [0.29, 0.717) is 6.04 Å². The van der Waals surface area contributed by atoms with E-state index in [1.165, 1.54) is 5.56 Å². The van der Waals surface area contributed by atoms with Crippen molar-refractivity contribution in [2.45, 2.75) is 19.4 Å². The van der Waals surface area contributed by atoms with Crippen LogP contribution >= 0.6 is 0 Å². The van der Waals surface area contributed by atoms with Crippen molar-refractivity contribution < 1.29 is 9.47 Å². The van der Waals surface area contributed by atoms with Crippen LogP contribution < -0.4 is 14.8 Å². The Kier molecular flexibility index (Phi) is 5.05. The molecule has 0 aliphatic carbocycles. The summed E-state index contributed by atoms with van der Waals surface area (Å²) in [6, 6.07) is 6.54. The second-order valence-corrected chi connectivity index (χ2v) is 4.79. The van der Waals surface area contributed by atoms with Crippen molar-refractivity contribution in [1.82, 2.24) is 10.2 Å². The molecule has 1 aliphatic heterocycles. The van der Waals surface area contributed by atoms with Gasteiger partial charge >= 0.3 is 0 Å². The maximum Gasteiger partial charge on any atom is 0.165 e. The fourth-order valence-electron chi connectivity index (χ4n) is 2.84. The minimum absolute atomic E-state index is 0.396. The number of benzene rings is 1. The highest BCUT2D eigenvalue weighted by Crippen LogP contribution is 2.38. The van der Waals surface area contributed by atoms with Crippen LogP contribution in [0.2, 0.25) is 0 Å². The second kappa shape index (κ2) is 6.78. The first-order valence-corrected chi connectivity index (χ1v) is 6.97. The molecule has 1 fully saturated rings. The normalized spacial score (nSPS) is 18.1. The van der Waals surface area contributed by atoms with Crippen LogP contribution in [0.15, 0.2) is 18.2 Å². The number of hydrogen-bond donors (Lipinski definition) is 1. The molecular formula is C15H24N2O2. The second-order valence-electron chi connectivity index (χ2n) is 4.79. The molecule has 0 saturated carbocycles. The van der Waals surface area contributed by atoms with Crippen LogP contribution in [0, 0.1) is 0 Å². The van der Waals surface area contributed by atoms with Crippen molar-refractivity contribution in [2.75, 3.05) is 40.4 Å². The van der Waals surface area contributed by atoms with Crippen LogP contribution in [0.4, 0.5) is 0 Å². The van der Waals surface area contributed by atoms with E-state index in [9.17, 15) is 0 Å². The summed E-state index contributed by atoms with van der Waals surface area (Å²) in [5.74, 6) is 1.68. The van der Waals surface area contributed by atoms with Crippen LogP contribution in [-0.4, -0.2) is 45.3 Å². The fourth-order valence-corrected chi connectivity index (χ4v) is 2.84. The molecule has 4 heteroatoms. The zero-order valence-electron chi connectivity index (χ0n) is 12.1. The number of hydrogen-bond acceptors (Lipinski definition) is 4. The van der Waals surface area contributed by atoms with E-state index in [-0.39, 0.29) is 0 Å². The lowest BCUT2D eigenvalue weighted by Crippen LogP contribution is -2.45. The first-order valence-electron chi connectivity index (χ1n) is 6.97. The Labute approximate surface area is 115 Å². The molecule has 4 nitrogen and oxygen atoms in total. The van der Waals surface area contributed by atoms with Crippen molar-refractivity contribution in [3.8, 4) is 11.5 Å². The Morgan fingerprint density at radius 1 is 1.21 bits per heavy atom. The number of para-hydroxylation sites is 1. The van der Waals surface area contributed by atoms with E-state index in [1.807, 2.05) is 12.1 Å². The summed E-state index contributed by atoms with van der Waals surface area (Å²) < 4.78 is 11.0. The quantitative estimate of drug-likeness (QED) is 0.882. The van der Waals surface area contributed by atoms with Crippen LogP contribution in [0.5, 0.6) is 11.5 Å². The first-order chi connectivity index (χ1) is 9.31. The van der Waals surface area contributed by atoms with Crippen molar-refractivity contribution in [3.63, 3.8) is 0 Å². The molecule has 1 saturated heterocycles. The van der Waals surface area contributed by atoms with Crippen LogP contribution in [0.25, 0.3) is 0 Å². The number of piperazine rings is 1.